The Balaban J connectivity index is 5.49. The van der Waals surface area contributed by atoms with E-state index in [1.54, 1.807) is 12.2 Å². The maximum atomic E-state index is 11.8. The first-order valence-corrected chi connectivity index (χ1v) is 27.3. The molecule has 0 unspecified atom stereocenters. The van der Waals surface area contributed by atoms with Gasteiger partial charge in [-0.25, -0.2) is 0 Å². The highest BCUT2D eigenvalue weighted by molar-refractivity contribution is 5.67. The Morgan fingerprint density at radius 1 is 0.333 bits per heavy atom. The molecule has 75 heavy (non-hydrogen) atoms. The maximum Gasteiger partial charge on any atom is 0.303 e. The molecule has 0 rings (SSSR count). The highest BCUT2D eigenvalue weighted by atomic mass is 16.6. The van der Waals surface area contributed by atoms with Gasteiger partial charge in [-0.2, -0.15) is 0 Å². The van der Waals surface area contributed by atoms with Gasteiger partial charge in [-0.3, -0.25) is 44.7 Å². The van der Waals surface area contributed by atoms with Gasteiger partial charge < -0.3 is 15.3 Å². The Morgan fingerprint density at radius 2 is 0.693 bits per heavy atom. The number of hydrogen-bond donors (Lipinski definition) is 3. The second kappa shape index (κ2) is 49.7. The van der Waals surface area contributed by atoms with Gasteiger partial charge in [-0.1, -0.05) is 141 Å². The number of unbranched alkanes of at least 4 members (excludes halogenated alkanes) is 10. The summed E-state index contributed by atoms with van der Waals surface area (Å²) in [5, 5.41) is 60.8. The number of nitro groups is 3. The molecule has 0 aliphatic carbocycles. The molecule has 15 nitrogen and oxygen atoms in total. The summed E-state index contributed by atoms with van der Waals surface area (Å²) in [4.78, 5) is 65.4. The van der Waals surface area contributed by atoms with Gasteiger partial charge in [-0.15, -0.1) is 0 Å². The van der Waals surface area contributed by atoms with Crippen molar-refractivity contribution in [1.82, 2.24) is 0 Å². The summed E-state index contributed by atoms with van der Waals surface area (Å²) in [6.45, 7) is 2.21. The van der Waals surface area contributed by atoms with Gasteiger partial charge in [0.15, 0.2) is 0 Å². The smallest absolute Gasteiger partial charge is 0.303 e. The van der Waals surface area contributed by atoms with E-state index in [-0.39, 0.29) is 67.0 Å². The van der Waals surface area contributed by atoms with Crippen molar-refractivity contribution < 1.29 is 44.5 Å². The fourth-order valence-electron chi connectivity index (χ4n) is 7.77. The molecular weight excluding hydrogens is 955 g/mol. The number of hydrogen-bond acceptors (Lipinski definition) is 9. The lowest BCUT2D eigenvalue weighted by molar-refractivity contribution is -0.428. The van der Waals surface area contributed by atoms with E-state index in [1.807, 2.05) is 54.7 Å². The number of carbonyl (C=O) groups is 3. The van der Waals surface area contributed by atoms with E-state index >= 15 is 0 Å². The third kappa shape index (κ3) is 45.8. The van der Waals surface area contributed by atoms with Gasteiger partial charge in [-0.05, 0) is 159 Å². The highest BCUT2D eigenvalue weighted by Crippen LogP contribution is 2.27. The van der Waals surface area contributed by atoms with Crippen LogP contribution in [-0.2, 0) is 14.4 Å². The van der Waals surface area contributed by atoms with E-state index in [0.29, 0.717) is 44.9 Å². The number of rotatable bonds is 49. The third-order valence-electron chi connectivity index (χ3n) is 12.0. The van der Waals surface area contributed by atoms with Crippen LogP contribution < -0.4 is 0 Å². The van der Waals surface area contributed by atoms with Crippen LogP contribution in [0.4, 0.5) is 0 Å². The van der Waals surface area contributed by atoms with Crippen molar-refractivity contribution in [2.45, 2.75) is 212 Å². The van der Waals surface area contributed by atoms with E-state index in [2.05, 4.69) is 43.4 Å². The Kier molecular flexibility index (Phi) is 45.4. The van der Waals surface area contributed by atoms with Gasteiger partial charge in [0.25, 0.3) is 0 Å². The second-order valence-corrected chi connectivity index (χ2v) is 18.3. The average Bonchev–Trinajstić information content (AvgIpc) is 3.36. The molecule has 0 aromatic carbocycles. The van der Waals surface area contributed by atoms with Gasteiger partial charge in [0.2, 0.25) is 17.1 Å². The van der Waals surface area contributed by atoms with E-state index in [0.717, 1.165) is 109 Å². The van der Waals surface area contributed by atoms with Gasteiger partial charge in [0, 0.05) is 25.7 Å². The van der Waals surface area contributed by atoms with Crippen molar-refractivity contribution in [2.24, 2.45) is 0 Å². The third-order valence-corrected chi connectivity index (χ3v) is 12.0. The van der Waals surface area contributed by atoms with Crippen LogP contribution >= 0.6 is 0 Å². The molecule has 0 aromatic heterocycles. The molecule has 0 aliphatic heterocycles. The summed E-state index contributed by atoms with van der Waals surface area (Å²) in [5.41, 5.74) is 3.32. The molecule has 0 saturated heterocycles. The van der Waals surface area contributed by atoms with Crippen molar-refractivity contribution in [2.75, 3.05) is 0 Å². The monoisotopic (exact) mass is 1040 g/mol. The molecule has 0 spiro atoms. The van der Waals surface area contributed by atoms with Crippen LogP contribution in [-0.4, -0.2) is 48.0 Å². The van der Waals surface area contributed by atoms with E-state index < -0.39 is 27.8 Å². The fraction of sp³-hybridized carbons (Fsp3) is 0.550. The van der Waals surface area contributed by atoms with Crippen LogP contribution in [0.1, 0.15) is 212 Å². The summed E-state index contributed by atoms with van der Waals surface area (Å²) in [6.07, 6.45) is 59.2. The lowest BCUT2D eigenvalue weighted by atomic mass is 9.91. The van der Waals surface area contributed by atoms with Crippen LogP contribution in [0.2, 0.25) is 0 Å². The lowest BCUT2D eigenvalue weighted by Gasteiger charge is -2.15. The van der Waals surface area contributed by atoms with Crippen LogP contribution in [0.5, 0.6) is 0 Å². The van der Waals surface area contributed by atoms with Crippen molar-refractivity contribution in [3.8, 4) is 0 Å². The zero-order chi connectivity index (χ0) is 55.4. The van der Waals surface area contributed by atoms with E-state index in [1.165, 1.54) is 29.7 Å². The van der Waals surface area contributed by atoms with Gasteiger partial charge >= 0.3 is 17.9 Å². The minimum atomic E-state index is -0.960. The maximum absolute atomic E-state index is 11.8. The Morgan fingerprint density at radius 3 is 1.16 bits per heavy atom. The molecule has 0 amide bonds. The van der Waals surface area contributed by atoms with Crippen LogP contribution in [0.3, 0.4) is 0 Å². The Hall–Kier alpha value is -6.51. The molecule has 0 aliphatic rings. The first-order chi connectivity index (χ1) is 36.3. The quantitative estimate of drug-likeness (QED) is 0.0223. The SMILES string of the molecule is CCCCC/C(CCCCC/C=C\C/C=C\C/C=C\C/C=C(\CCCC(=O)O)[N+](=O)[O-])=C(\C/C=C\C/C=C\C/C(=C\CCCC(=O)O)[N+](=O)[O-])CCCCC/C=C(\C/C=C\C/C=C\C/C=C\CCCC(=O)O)[N+](=O)[O-]. The van der Waals surface area contributed by atoms with Gasteiger partial charge in [0.05, 0.1) is 27.6 Å². The first-order valence-electron chi connectivity index (χ1n) is 27.3. The summed E-state index contributed by atoms with van der Waals surface area (Å²) < 4.78 is 0. The number of carboxylic acids is 3. The van der Waals surface area contributed by atoms with Crippen LogP contribution in [0.25, 0.3) is 0 Å². The molecule has 0 atom stereocenters. The zero-order valence-electron chi connectivity index (χ0n) is 45.0. The van der Waals surface area contributed by atoms with E-state index in [9.17, 15) is 44.7 Å². The molecule has 0 heterocycles. The predicted octanol–water partition coefficient (Wildman–Crippen LogP) is 17.0. The Bertz CT molecular complexity index is 2030. The van der Waals surface area contributed by atoms with Gasteiger partial charge in [0.1, 0.15) is 0 Å². The molecule has 0 radical (unpaired) electrons. The van der Waals surface area contributed by atoms with Crippen LogP contribution in [0.15, 0.2) is 144 Å². The summed E-state index contributed by atoms with van der Waals surface area (Å²) in [7, 11) is 0. The lowest BCUT2D eigenvalue weighted by Crippen LogP contribution is -2.01. The molecule has 416 valence electrons. The minimum absolute atomic E-state index is 0.0246. The number of nitrogens with zero attached hydrogens (tertiary/aromatic N) is 3. The summed E-state index contributed by atoms with van der Waals surface area (Å²) in [6, 6.07) is 0. The number of carboxylic acid groups (broad SMARTS) is 3. The molecule has 0 fully saturated rings. The number of aliphatic carboxylic acids is 3. The summed E-state index contributed by atoms with van der Waals surface area (Å²) >= 11 is 0. The summed E-state index contributed by atoms with van der Waals surface area (Å²) in [5.74, 6) is -2.66. The minimum Gasteiger partial charge on any atom is -0.481 e. The normalized spacial score (nSPS) is 13.4. The zero-order valence-corrected chi connectivity index (χ0v) is 45.0. The largest absolute Gasteiger partial charge is 0.481 e. The van der Waals surface area contributed by atoms with Crippen molar-refractivity contribution in [1.29, 1.82) is 0 Å². The molecule has 0 saturated carbocycles. The predicted molar refractivity (Wildman–Crippen MR) is 302 cm³/mol. The van der Waals surface area contributed by atoms with Crippen molar-refractivity contribution >= 4 is 17.9 Å². The number of allylic oxidation sites excluding steroid dienone is 22. The molecular formula is C60H89N3O12. The second-order valence-electron chi connectivity index (χ2n) is 18.3. The Labute approximate surface area is 447 Å². The van der Waals surface area contributed by atoms with Crippen molar-refractivity contribution in [3.05, 3.63) is 174 Å². The molecule has 0 aromatic rings. The molecule has 0 bridgehead atoms. The van der Waals surface area contributed by atoms with E-state index in [4.69, 9.17) is 15.3 Å². The average molecular weight is 1040 g/mol. The standard InChI is InChI=1S/C60H89N3O12/c1-2-3-28-40-53(41-29-20-15-11-7-5-4-6-8-12-17-23-33-47-57(63(74)75)49-39-52-60(68)69)54(42-30-21-19-24-34-45-56(62(72)73)48-37-38-51-59(66)67)43-31-26-27-35-46-55(61(70)71)44-32-22-16-13-9-10-14-18-25-36-50-58(64)65/h5-9,13-14,17-18,21-24,30,32,34,46-48H,2-4,10-12,15-16,19-20,25-29,31,33,35-45,49-52H2,1H3,(H,64,65)(H,66,67)(H,68,69)/b7-5-,8-6-,13-9-,18-14-,23-17-,30-21-,32-22-,34-24-,54-53-,55-46+,56-48+,57-47+. The topological polar surface area (TPSA) is 241 Å². The molecule has 15 heteroatoms. The first kappa shape index (κ1) is 68.5. The fourth-order valence-corrected chi connectivity index (χ4v) is 7.77. The van der Waals surface area contributed by atoms with Crippen LogP contribution in [0, 0.1) is 30.3 Å². The van der Waals surface area contributed by atoms with Crippen molar-refractivity contribution in [3.63, 3.8) is 0 Å². The highest BCUT2D eigenvalue weighted by Gasteiger charge is 2.12. The molecule has 3 N–H and O–H groups in total.